The lowest BCUT2D eigenvalue weighted by molar-refractivity contribution is -0.192. The van der Waals surface area contributed by atoms with Gasteiger partial charge in [0.15, 0.2) is 0 Å². The summed E-state index contributed by atoms with van der Waals surface area (Å²) < 4.78 is 50.9. The van der Waals surface area contributed by atoms with Gasteiger partial charge in [-0.3, -0.25) is 14.5 Å². The Balaban J connectivity index is 0.000000339. The number of fused-ring (bicyclic) bond motifs is 1. The van der Waals surface area contributed by atoms with Gasteiger partial charge in [-0.2, -0.15) is 13.2 Å². The van der Waals surface area contributed by atoms with Crippen LogP contribution in [0.25, 0.3) is 0 Å². The molecule has 0 aromatic heterocycles. The SMILES string of the molecule is O=C(O)C(F)(F)F.O=C([C@H]1CC[C@@H]2[C@@H](CCN2Cc2ccc(F)cc2)O1)N1CCCO1. The molecular weight excluding hydrogens is 424 g/mol. The van der Waals surface area contributed by atoms with E-state index in [0.717, 1.165) is 44.3 Å². The molecule has 3 atom stereocenters. The Morgan fingerprint density at radius 2 is 1.77 bits per heavy atom. The average Bonchev–Trinajstić information content (AvgIpc) is 3.39. The molecule has 1 N–H and O–H groups in total. The molecule has 1 aromatic rings. The number of likely N-dealkylation sites (tertiary alicyclic amines) is 1. The van der Waals surface area contributed by atoms with Crippen LogP contribution in [0.4, 0.5) is 17.6 Å². The van der Waals surface area contributed by atoms with Crippen LogP contribution in [0.3, 0.4) is 0 Å². The van der Waals surface area contributed by atoms with Crippen molar-refractivity contribution in [3.05, 3.63) is 35.6 Å². The van der Waals surface area contributed by atoms with Crippen LogP contribution >= 0.6 is 0 Å². The van der Waals surface area contributed by atoms with Crippen molar-refractivity contribution in [3.8, 4) is 0 Å². The largest absolute Gasteiger partial charge is 0.490 e. The smallest absolute Gasteiger partial charge is 0.475 e. The molecule has 3 saturated heterocycles. The van der Waals surface area contributed by atoms with Crippen LogP contribution in [-0.4, -0.2) is 71.1 Å². The number of carbonyl (C=O) groups excluding carboxylic acids is 1. The summed E-state index contributed by atoms with van der Waals surface area (Å²) in [7, 11) is 0. The van der Waals surface area contributed by atoms with E-state index in [1.54, 1.807) is 0 Å². The van der Waals surface area contributed by atoms with Crippen LogP contribution < -0.4 is 0 Å². The first-order chi connectivity index (χ1) is 14.6. The number of carboxylic acid groups (broad SMARTS) is 1. The van der Waals surface area contributed by atoms with Gasteiger partial charge in [-0.15, -0.1) is 0 Å². The molecule has 7 nitrogen and oxygen atoms in total. The molecule has 3 aliphatic rings. The minimum Gasteiger partial charge on any atom is -0.475 e. The van der Waals surface area contributed by atoms with E-state index >= 15 is 0 Å². The van der Waals surface area contributed by atoms with Crippen LogP contribution in [0.5, 0.6) is 0 Å². The molecule has 31 heavy (non-hydrogen) atoms. The fourth-order valence-electron chi connectivity index (χ4n) is 4.00. The molecule has 0 aliphatic carbocycles. The maximum atomic E-state index is 13.0. The Labute approximate surface area is 176 Å². The van der Waals surface area contributed by atoms with E-state index in [1.807, 2.05) is 12.1 Å². The van der Waals surface area contributed by atoms with Gasteiger partial charge in [0.1, 0.15) is 11.9 Å². The fraction of sp³-hybridized carbons (Fsp3) is 0.600. The third-order valence-electron chi connectivity index (χ3n) is 5.48. The number of carbonyl (C=O) groups is 2. The number of hydroxylamine groups is 2. The first-order valence-electron chi connectivity index (χ1n) is 10.0. The van der Waals surface area contributed by atoms with Gasteiger partial charge in [0.05, 0.1) is 19.3 Å². The zero-order chi connectivity index (χ0) is 22.6. The summed E-state index contributed by atoms with van der Waals surface area (Å²) in [5.74, 6) is -2.99. The highest BCUT2D eigenvalue weighted by atomic mass is 19.4. The van der Waals surface area contributed by atoms with Crippen molar-refractivity contribution in [2.45, 2.75) is 56.7 Å². The van der Waals surface area contributed by atoms with Gasteiger partial charge >= 0.3 is 12.1 Å². The number of rotatable bonds is 3. The van der Waals surface area contributed by atoms with E-state index in [2.05, 4.69) is 4.90 Å². The lowest BCUT2D eigenvalue weighted by Crippen LogP contribution is -2.48. The van der Waals surface area contributed by atoms with E-state index < -0.39 is 12.1 Å². The van der Waals surface area contributed by atoms with E-state index in [1.165, 1.54) is 17.2 Å². The second-order valence-corrected chi connectivity index (χ2v) is 7.62. The molecule has 172 valence electrons. The minimum absolute atomic E-state index is 0.0251. The van der Waals surface area contributed by atoms with Gasteiger partial charge in [0.25, 0.3) is 5.91 Å². The second kappa shape index (κ2) is 9.92. The van der Waals surface area contributed by atoms with E-state index in [9.17, 15) is 22.4 Å². The summed E-state index contributed by atoms with van der Waals surface area (Å²) in [5, 5.41) is 8.59. The van der Waals surface area contributed by atoms with Crippen molar-refractivity contribution in [3.63, 3.8) is 0 Å². The maximum Gasteiger partial charge on any atom is 0.490 e. The van der Waals surface area contributed by atoms with Gasteiger partial charge in [0.2, 0.25) is 0 Å². The summed E-state index contributed by atoms with van der Waals surface area (Å²) in [6.45, 7) is 3.05. The second-order valence-electron chi connectivity index (χ2n) is 7.62. The fourth-order valence-corrected chi connectivity index (χ4v) is 4.00. The Bertz CT molecular complexity index is 768. The number of alkyl halides is 3. The molecule has 4 rings (SSSR count). The van der Waals surface area contributed by atoms with Crippen molar-refractivity contribution in [1.82, 2.24) is 9.96 Å². The molecular formula is C20H24F4N2O5. The zero-order valence-corrected chi connectivity index (χ0v) is 16.7. The van der Waals surface area contributed by atoms with Gasteiger partial charge in [-0.25, -0.2) is 14.2 Å². The quantitative estimate of drug-likeness (QED) is 0.717. The van der Waals surface area contributed by atoms with E-state index in [-0.39, 0.29) is 23.9 Å². The number of aliphatic carboxylic acids is 1. The Morgan fingerprint density at radius 1 is 1.10 bits per heavy atom. The predicted octanol–water partition coefficient (Wildman–Crippen LogP) is 2.74. The Morgan fingerprint density at radius 3 is 2.35 bits per heavy atom. The molecule has 11 heteroatoms. The molecule has 1 amide bonds. The van der Waals surface area contributed by atoms with Crippen molar-refractivity contribution in [2.75, 3.05) is 19.7 Å². The first kappa shape index (κ1) is 23.4. The highest BCUT2D eigenvalue weighted by molar-refractivity contribution is 5.80. The molecule has 3 heterocycles. The molecule has 0 saturated carbocycles. The van der Waals surface area contributed by atoms with Crippen LogP contribution in [0.1, 0.15) is 31.2 Å². The molecule has 3 aliphatic heterocycles. The van der Waals surface area contributed by atoms with Gasteiger partial charge in [-0.1, -0.05) is 12.1 Å². The standard InChI is InChI=1S/C18H23FN2O3.C2HF3O2/c19-14-4-2-13(3-5-14)12-20-10-8-16-15(20)6-7-17(24-16)18(22)21-9-1-11-23-21;3-2(4,5)1(6)7/h2-5,15-17H,1,6-12H2;(H,6,7)/t15-,16-,17-;/m1./s1. The molecule has 0 spiro atoms. The average molecular weight is 448 g/mol. The number of benzene rings is 1. The summed E-state index contributed by atoms with van der Waals surface area (Å²) in [6.07, 6.45) is -1.81. The molecule has 0 unspecified atom stereocenters. The van der Waals surface area contributed by atoms with Crippen molar-refractivity contribution in [2.24, 2.45) is 0 Å². The molecule has 0 radical (unpaired) electrons. The van der Waals surface area contributed by atoms with E-state index in [0.29, 0.717) is 19.2 Å². The monoisotopic (exact) mass is 448 g/mol. The Hall–Kier alpha value is -2.24. The van der Waals surface area contributed by atoms with E-state index in [4.69, 9.17) is 19.5 Å². The summed E-state index contributed by atoms with van der Waals surface area (Å²) >= 11 is 0. The number of amides is 1. The number of halogens is 4. The number of carboxylic acids is 1. The lowest BCUT2D eigenvalue weighted by Gasteiger charge is -2.36. The number of ether oxygens (including phenoxy) is 1. The third-order valence-corrected chi connectivity index (χ3v) is 5.48. The highest BCUT2D eigenvalue weighted by Gasteiger charge is 2.43. The Kier molecular flexibility index (Phi) is 7.50. The number of nitrogens with zero attached hydrogens (tertiary/aromatic N) is 2. The normalized spacial score (nSPS) is 26.2. The van der Waals surface area contributed by atoms with Gasteiger partial charge in [0, 0.05) is 19.1 Å². The van der Waals surface area contributed by atoms with Crippen molar-refractivity contribution in [1.29, 1.82) is 0 Å². The minimum atomic E-state index is -5.08. The predicted molar refractivity (Wildman–Crippen MR) is 99.1 cm³/mol. The van der Waals surface area contributed by atoms with Gasteiger partial charge < -0.3 is 9.84 Å². The molecule has 0 bridgehead atoms. The van der Waals surface area contributed by atoms with Crippen molar-refractivity contribution >= 4 is 11.9 Å². The van der Waals surface area contributed by atoms with Crippen molar-refractivity contribution < 1.29 is 41.8 Å². The van der Waals surface area contributed by atoms with Crippen LogP contribution in [0.15, 0.2) is 24.3 Å². The first-order valence-corrected chi connectivity index (χ1v) is 10.0. The topological polar surface area (TPSA) is 79.3 Å². The highest BCUT2D eigenvalue weighted by Crippen LogP contribution is 2.33. The molecule has 1 aromatic carbocycles. The third kappa shape index (κ3) is 6.14. The van der Waals surface area contributed by atoms with Crippen LogP contribution in [-0.2, 0) is 25.7 Å². The van der Waals surface area contributed by atoms with Gasteiger partial charge in [-0.05, 0) is 43.4 Å². The lowest BCUT2D eigenvalue weighted by atomic mass is 9.98. The zero-order valence-electron chi connectivity index (χ0n) is 16.7. The van der Waals surface area contributed by atoms with Crippen LogP contribution in [0, 0.1) is 5.82 Å². The number of hydrogen-bond acceptors (Lipinski definition) is 5. The maximum absolute atomic E-state index is 13.0. The number of hydrogen-bond donors (Lipinski definition) is 1. The molecule has 3 fully saturated rings. The summed E-state index contributed by atoms with van der Waals surface area (Å²) in [6, 6.07) is 7.03. The summed E-state index contributed by atoms with van der Waals surface area (Å²) in [5.41, 5.74) is 1.11. The van der Waals surface area contributed by atoms with Crippen LogP contribution in [0.2, 0.25) is 0 Å². The summed E-state index contributed by atoms with van der Waals surface area (Å²) in [4.78, 5) is 29.1.